The molecule has 3 rings (SSSR count). The van der Waals surface area contributed by atoms with Crippen LogP contribution in [0.5, 0.6) is 5.75 Å². The van der Waals surface area contributed by atoms with E-state index in [2.05, 4.69) is 10.3 Å². The molecule has 0 saturated carbocycles. The third-order valence-electron chi connectivity index (χ3n) is 3.92. The normalized spacial score (nSPS) is 10.9. The monoisotopic (exact) mass is 364 g/mol. The first-order valence-corrected chi connectivity index (χ1v) is 8.59. The molecule has 0 unspecified atom stereocenters. The molecule has 27 heavy (non-hydrogen) atoms. The van der Waals surface area contributed by atoms with Crippen molar-refractivity contribution in [2.45, 2.75) is 20.8 Å². The van der Waals surface area contributed by atoms with Crippen molar-refractivity contribution in [2.24, 2.45) is 5.16 Å². The summed E-state index contributed by atoms with van der Waals surface area (Å²) in [5.74, 6) is 0.479. The standard InChI is InChI=1S/C21H20N2O4/c1-4-25-19-8-6-5-7-16(19)13-22-27-21(24)18-12-20(26-23-18)17-11-14(2)9-10-15(17)3/h5-13H,4H2,1-3H3/b22-13+. The van der Waals surface area contributed by atoms with Crippen molar-refractivity contribution < 1.29 is 18.9 Å². The van der Waals surface area contributed by atoms with Gasteiger partial charge in [0.15, 0.2) is 11.5 Å². The van der Waals surface area contributed by atoms with E-state index in [1.165, 1.54) is 6.21 Å². The number of ether oxygens (including phenoxy) is 1. The van der Waals surface area contributed by atoms with Crippen molar-refractivity contribution in [1.29, 1.82) is 0 Å². The van der Waals surface area contributed by atoms with Crippen molar-refractivity contribution in [3.63, 3.8) is 0 Å². The zero-order valence-corrected chi connectivity index (χ0v) is 15.4. The SMILES string of the molecule is CCOc1ccccc1/C=N/OC(=O)c1cc(-c2cc(C)ccc2C)on1. The average molecular weight is 364 g/mol. The molecule has 0 atom stereocenters. The predicted octanol–water partition coefficient (Wildman–Crippen LogP) is 4.55. The van der Waals surface area contributed by atoms with Gasteiger partial charge in [0.05, 0.1) is 12.8 Å². The van der Waals surface area contributed by atoms with Crippen molar-refractivity contribution in [3.8, 4) is 17.1 Å². The highest BCUT2D eigenvalue weighted by Crippen LogP contribution is 2.25. The summed E-state index contributed by atoms with van der Waals surface area (Å²) in [4.78, 5) is 17.1. The van der Waals surface area contributed by atoms with Crippen LogP contribution < -0.4 is 4.74 Å². The number of carbonyl (C=O) groups excluding carboxylic acids is 1. The average Bonchev–Trinajstić information content (AvgIpc) is 3.15. The fraction of sp³-hybridized carbons (Fsp3) is 0.190. The van der Waals surface area contributed by atoms with Gasteiger partial charge in [0.2, 0.25) is 0 Å². The molecule has 1 heterocycles. The number of oxime groups is 1. The maximum atomic E-state index is 12.2. The van der Waals surface area contributed by atoms with Crippen LogP contribution in [0.25, 0.3) is 11.3 Å². The summed E-state index contributed by atoms with van der Waals surface area (Å²) in [6.45, 7) is 6.38. The second-order valence-corrected chi connectivity index (χ2v) is 5.98. The molecule has 0 N–H and O–H groups in total. The van der Waals surface area contributed by atoms with E-state index in [1.54, 1.807) is 6.07 Å². The summed E-state index contributed by atoms with van der Waals surface area (Å²) in [5.41, 5.74) is 3.77. The summed E-state index contributed by atoms with van der Waals surface area (Å²) in [5, 5.41) is 7.53. The molecule has 0 radical (unpaired) electrons. The highest BCUT2D eigenvalue weighted by atomic mass is 16.7. The molecule has 3 aromatic rings. The van der Waals surface area contributed by atoms with E-state index >= 15 is 0 Å². The van der Waals surface area contributed by atoms with Crippen molar-refractivity contribution in [1.82, 2.24) is 5.16 Å². The van der Waals surface area contributed by atoms with Crippen LogP contribution in [-0.4, -0.2) is 23.9 Å². The Balaban J connectivity index is 1.71. The number of hydrogen-bond acceptors (Lipinski definition) is 6. The second-order valence-electron chi connectivity index (χ2n) is 5.98. The lowest BCUT2D eigenvalue weighted by Crippen LogP contribution is -2.01. The number of aryl methyl sites for hydroxylation is 2. The second kappa shape index (κ2) is 8.31. The molecule has 0 spiro atoms. The Kier molecular flexibility index (Phi) is 5.66. The topological polar surface area (TPSA) is 73.9 Å². The summed E-state index contributed by atoms with van der Waals surface area (Å²) >= 11 is 0. The van der Waals surface area contributed by atoms with Gasteiger partial charge in [0.25, 0.3) is 0 Å². The molecule has 0 saturated heterocycles. The van der Waals surface area contributed by atoms with E-state index in [-0.39, 0.29) is 5.69 Å². The number of aromatic nitrogens is 1. The van der Waals surface area contributed by atoms with Crippen molar-refractivity contribution in [2.75, 3.05) is 6.61 Å². The molecule has 0 aliphatic rings. The summed E-state index contributed by atoms with van der Waals surface area (Å²) < 4.78 is 10.8. The van der Waals surface area contributed by atoms with Gasteiger partial charge in [0, 0.05) is 17.2 Å². The molecule has 6 heteroatoms. The molecule has 0 bridgehead atoms. The van der Waals surface area contributed by atoms with Crippen LogP contribution in [0, 0.1) is 13.8 Å². The van der Waals surface area contributed by atoms with E-state index in [4.69, 9.17) is 14.1 Å². The van der Waals surface area contributed by atoms with Gasteiger partial charge in [-0.25, -0.2) is 4.79 Å². The van der Waals surface area contributed by atoms with Gasteiger partial charge in [0.1, 0.15) is 5.75 Å². The highest BCUT2D eigenvalue weighted by Gasteiger charge is 2.16. The van der Waals surface area contributed by atoms with Gasteiger partial charge in [-0.3, -0.25) is 0 Å². The first-order chi connectivity index (χ1) is 13.1. The first kappa shape index (κ1) is 18.4. The Morgan fingerprint density at radius 2 is 2.00 bits per heavy atom. The number of carbonyl (C=O) groups is 1. The number of benzene rings is 2. The van der Waals surface area contributed by atoms with Crippen LogP contribution in [0.2, 0.25) is 0 Å². The Hall–Kier alpha value is -3.41. The molecule has 0 fully saturated rings. The summed E-state index contributed by atoms with van der Waals surface area (Å²) in [6, 6.07) is 14.9. The fourth-order valence-electron chi connectivity index (χ4n) is 2.55. The van der Waals surface area contributed by atoms with Gasteiger partial charge in [-0.15, -0.1) is 0 Å². The lowest BCUT2D eigenvalue weighted by molar-refractivity contribution is 0.0507. The van der Waals surface area contributed by atoms with Crippen LogP contribution in [0.3, 0.4) is 0 Å². The van der Waals surface area contributed by atoms with Crippen LogP contribution in [0.1, 0.15) is 34.1 Å². The van der Waals surface area contributed by atoms with E-state index in [0.29, 0.717) is 23.7 Å². The Labute approximate surface area is 157 Å². The van der Waals surface area contributed by atoms with E-state index in [9.17, 15) is 4.79 Å². The summed E-state index contributed by atoms with van der Waals surface area (Å²) in [7, 11) is 0. The minimum Gasteiger partial charge on any atom is -0.493 e. The van der Waals surface area contributed by atoms with Gasteiger partial charge in [-0.2, -0.15) is 0 Å². The molecule has 0 aliphatic heterocycles. The minimum atomic E-state index is -0.694. The van der Waals surface area contributed by atoms with Crippen LogP contribution in [0.15, 0.2) is 58.2 Å². The quantitative estimate of drug-likeness (QED) is 0.364. The lowest BCUT2D eigenvalue weighted by Gasteiger charge is -2.05. The van der Waals surface area contributed by atoms with Crippen molar-refractivity contribution >= 4 is 12.2 Å². The smallest absolute Gasteiger partial charge is 0.387 e. The van der Waals surface area contributed by atoms with Gasteiger partial charge in [-0.1, -0.05) is 40.1 Å². The van der Waals surface area contributed by atoms with Gasteiger partial charge < -0.3 is 14.1 Å². The number of hydrogen-bond donors (Lipinski definition) is 0. The van der Waals surface area contributed by atoms with Gasteiger partial charge in [-0.05, 0) is 44.5 Å². The van der Waals surface area contributed by atoms with E-state index in [1.807, 2.05) is 63.2 Å². The highest BCUT2D eigenvalue weighted by molar-refractivity contribution is 5.89. The third-order valence-corrected chi connectivity index (χ3v) is 3.92. The Bertz CT molecular complexity index is 976. The zero-order chi connectivity index (χ0) is 19.2. The number of nitrogens with zero attached hydrogens (tertiary/aromatic N) is 2. The number of para-hydroxylation sites is 1. The molecule has 0 aliphatic carbocycles. The van der Waals surface area contributed by atoms with Crippen LogP contribution >= 0.6 is 0 Å². The van der Waals surface area contributed by atoms with E-state index < -0.39 is 5.97 Å². The molecule has 2 aromatic carbocycles. The van der Waals surface area contributed by atoms with Crippen LogP contribution in [0.4, 0.5) is 0 Å². The number of rotatable bonds is 6. The molecule has 0 amide bonds. The molecule has 6 nitrogen and oxygen atoms in total. The molecular weight excluding hydrogens is 344 g/mol. The largest absolute Gasteiger partial charge is 0.493 e. The molecular formula is C21H20N2O4. The zero-order valence-electron chi connectivity index (χ0n) is 15.4. The molecule has 1 aromatic heterocycles. The Morgan fingerprint density at radius 1 is 1.19 bits per heavy atom. The maximum absolute atomic E-state index is 12.2. The third kappa shape index (κ3) is 4.41. The molecule has 138 valence electrons. The predicted molar refractivity (Wildman–Crippen MR) is 102 cm³/mol. The minimum absolute atomic E-state index is 0.0566. The Morgan fingerprint density at radius 3 is 2.81 bits per heavy atom. The van der Waals surface area contributed by atoms with Crippen molar-refractivity contribution in [3.05, 3.63) is 70.9 Å². The van der Waals surface area contributed by atoms with Crippen LogP contribution in [-0.2, 0) is 4.84 Å². The van der Waals surface area contributed by atoms with E-state index in [0.717, 1.165) is 16.7 Å². The maximum Gasteiger partial charge on any atom is 0.387 e. The first-order valence-electron chi connectivity index (χ1n) is 8.59. The summed E-state index contributed by atoms with van der Waals surface area (Å²) in [6.07, 6.45) is 1.43. The van der Waals surface area contributed by atoms with Gasteiger partial charge >= 0.3 is 5.97 Å². The fourth-order valence-corrected chi connectivity index (χ4v) is 2.55. The lowest BCUT2D eigenvalue weighted by atomic mass is 10.0.